The summed E-state index contributed by atoms with van der Waals surface area (Å²) in [5.41, 5.74) is 0.863. The van der Waals surface area contributed by atoms with Crippen molar-refractivity contribution in [2.24, 2.45) is 0 Å². The fraction of sp³-hybridized carbons (Fsp3) is 0.263. The van der Waals surface area contributed by atoms with Gasteiger partial charge in [-0.3, -0.25) is 9.59 Å². The van der Waals surface area contributed by atoms with Crippen LogP contribution in [0.15, 0.2) is 36.4 Å². The molecule has 1 heterocycles. The zero-order valence-electron chi connectivity index (χ0n) is 13.8. The first-order valence-electron chi connectivity index (χ1n) is 8.06. The van der Waals surface area contributed by atoms with E-state index < -0.39 is 5.97 Å². The van der Waals surface area contributed by atoms with Gasteiger partial charge >= 0.3 is 5.97 Å². The molecule has 1 aliphatic rings. The first-order chi connectivity index (χ1) is 12.5. The van der Waals surface area contributed by atoms with Gasteiger partial charge in [0.1, 0.15) is 0 Å². The van der Waals surface area contributed by atoms with Gasteiger partial charge in [0, 0.05) is 27.6 Å². The van der Waals surface area contributed by atoms with Crippen molar-refractivity contribution in [1.29, 1.82) is 0 Å². The average molecular weight is 395 g/mol. The summed E-state index contributed by atoms with van der Waals surface area (Å²) in [7, 11) is 0. The van der Waals surface area contributed by atoms with Crippen LogP contribution in [0, 0.1) is 0 Å². The van der Waals surface area contributed by atoms with E-state index in [0.29, 0.717) is 45.9 Å². The maximum Gasteiger partial charge on any atom is 0.310 e. The summed E-state index contributed by atoms with van der Waals surface area (Å²) in [4.78, 5) is 24.3. The summed E-state index contributed by atoms with van der Waals surface area (Å²) in [6.45, 7) is 0.723. The molecule has 3 rings (SSSR count). The summed E-state index contributed by atoms with van der Waals surface area (Å²) in [6, 6.07) is 9.86. The Morgan fingerprint density at radius 1 is 1.00 bits per heavy atom. The molecule has 0 bridgehead atoms. The number of carbonyl (C=O) groups excluding carboxylic acids is 2. The average Bonchev–Trinajstić information content (AvgIpc) is 2.87. The molecule has 26 heavy (non-hydrogen) atoms. The summed E-state index contributed by atoms with van der Waals surface area (Å²) >= 11 is 12.1. The highest BCUT2D eigenvalue weighted by atomic mass is 35.5. The summed E-state index contributed by atoms with van der Waals surface area (Å²) in [6.07, 6.45) is 0.674. The molecule has 0 radical (unpaired) electrons. The highest BCUT2D eigenvalue weighted by Gasteiger charge is 2.17. The van der Waals surface area contributed by atoms with Gasteiger partial charge in [-0.05, 0) is 30.3 Å². The molecule has 0 saturated carbocycles. The molecule has 5 nitrogen and oxygen atoms in total. The summed E-state index contributed by atoms with van der Waals surface area (Å²) in [5, 5.41) is 0.757. The predicted molar refractivity (Wildman–Crippen MR) is 97.5 cm³/mol. The number of fused-ring (bicyclic) bond motifs is 1. The highest BCUT2D eigenvalue weighted by Crippen LogP contribution is 2.30. The van der Waals surface area contributed by atoms with Crippen molar-refractivity contribution in [3.05, 3.63) is 57.6 Å². The van der Waals surface area contributed by atoms with Crippen molar-refractivity contribution in [2.45, 2.75) is 12.8 Å². The number of esters is 1. The molecule has 136 valence electrons. The van der Waals surface area contributed by atoms with E-state index in [1.54, 1.807) is 36.4 Å². The predicted octanol–water partition coefficient (Wildman–Crippen LogP) is 4.12. The standard InChI is InChI=1S/C19H16Cl2O5/c20-14-3-1-4-15(21)13(14)10-19(23)26-11-16(22)12-5-6-17-18(9-12)25-8-2-7-24-17/h1,3-6,9H,2,7-8,10-11H2. The van der Waals surface area contributed by atoms with Crippen LogP contribution < -0.4 is 9.47 Å². The van der Waals surface area contributed by atoms with E-state index in [1.165, 1.54) is 0 Å². The van der Waals surface area contributed by atoms with Crippen LogP contribution >= 0.6 is 23.2 Å². The van der Waals surface area contributed by atoms with Crippen LogP contribution in [0.1, 0.15) is 22.3 Å². The third-order valence-electron chi connectivity index (χ3n) is 3.82. The van der Waals surface area contributed by atoms with Crippen molar-refractivity contribution >= 4 is 35.0 Å². The number of ketones is 1. The Morgan fingerprint density at radius 3 is 2.42 bits per heavy atom. The Bertz CT molecular complexity index is 814. The van der Waals surface area contributed by atoms with Gasteiger partial charge < -0.3 is 14.2 Å². The minimum atomic E-state index is -0.581. The molecule has 0 amide bonds. The molecule has 0 saturated heterocycles. The number of rotatable bonds is 5. The third-order valence-corrected chi connectivity index (χ3v) is 4.52. The molecule has 2 aromatic carbocycles. The molecule has 0 N–H and O–H groups in total. The van der Waals surface area contributed by atoms with Crippen LogP contribution in [0.2, 0.25) is 10.0 Å². The number of carbonyl (C=O) groups is 2. The van der Waals surface area contributed by atoms with Gasteiger partial charge in [0.05, 0.1) is 19.6 Å². The van der Waals surface area contributed by atoms with E-state index in [2.05, 4.69) is 0 Å². The van der Waals surface area contributed by atoms with Crippen molar-refractivity contribution < 1.29 is 23.8 Å². The molecule has 0 fully saturated rings. The van der Waals surface area contributed by atoms with Gasteiger partial charge in [0.2, 0.25) is 0 Å². The molecule has 0 aliphatic carbocycles. The SMILES string of the molecule is O=C(Cc1c(Cl)cccc1Cl)OCC(=O)c1ccc2c(c1)OCCCO2. The van der Waals surface area contributed by atoms with Gasteiger partial charge in [-0.2, -0.15) is 0 Å². The van der Waals surface area contributed by atoms with Gasteiger partial charge in [0.25, 0.3) is 0 Å². The van der Waals surface area contributed by atoms with Crippen LogP contribution in [-0.2, 0) is 16.0 Å². The van der Waals surface area contributed by atoms with E-state index in [9.17, 15) is 9.59 Å². The molecular weight excluding hydrogens is 379 g/mol. The number of Topliss-reactive ketones (excluding diaryl/α,β-unsaturated/α-hetero) is 1. The van der Waals surface area contributed by atoms with Gasteiger partial charge in [0.15, 0.2) is 23.9 Å². The van der Waals surface area contributed by atoms with E-state index in [4.69, 9.17) is 37.4 Å². The number of hydrogen-bond donors (Lipinski definition) is 0. The lowest BCUT2D eigenvalue weighted by molar-refractivity contribution is -0.141. The number of hydrogen-bond acceptors (Lipinski definition) is 5. The molecular formula is C19H16Cl2O5. The van der Waals surface area contributed by atoms with Crippen LogP contribution in [0.25, 0.3) is 0 Å². The molecule has 0 atom stereocenters. The lowest BCUT2D eigenvalue weighted by Crippen LogP contribution is -2.16. The van der Waals surface area contributed by atoms with Crippen molar-refractivity contribution in [3.8, 4) is 11.5 Å². The van der Waals surface area contributed by atoms with Gasteiger partial charge in [-0.15, -0.1) is 0 Å². The van der Waals surface area contributed by atoms with Crippen molar-refractivity contribution in [2.75, 3.05) is 19.8 Å². The van der Waals surface area contributed by atoms with E-state index in [1.807, 2.05) is 0 Å². The number of halogens is 2. The monoisotopic (exact) mass is 394 g/mol. The fourth-order valence-electron chi connectivity index (χ4n) is 2.46. The largest absolute Gasteiger partial charge is 0.490 e. The Hall–Kier alpha value is -2.24. The maximum absolute atomic E-state index is 12.3. The molecule has 0 unspecified atom stereocenters. The Morgan fingerprint density at radius 2 is 1.69 bits per heavy atom. The fourth-order valence-corrected chi connectivity index (χ4v) is 2.99. The Kier molecular flexibility index (Phi) is 6.01. The minimum Gasteiger partial charge on any atom is -0.490 e. The zero-order chi connectivity index (χ0) is 18.5. The first kappa shape index (κ1) is 18.5. The quantitative estimate of drug-likeness (QED) is 0.563. The highest BCUT2D eigenvalue weighted by molar-refractivity contribution is 6.36. The van der Waals surface area contributed by atoms with Crippen LogP contribution in [0.4, 0.5) is 0 Å². The summed E-state index contributed by atoms with van der Waals surface area (Å²) in [5.74, 6) is 0.203. The third kappa shape index (κ3) is 4.48. The zero-order valence-corrected chi connectivity index (χ0v) is 15.3. The second-order valence-electron chi connectivity index (χ2n) is 5.67. The number of benzene rings is 2. The second kappa shape index (κ2) is 8.43. The summed E-state index contributed by atoms with van der Waals surface area (Å²) < 4.78 is 16.1. The lowest BCUT2D eigenvalue weighted by Gasteiger charge is -2.10. The molecule has 0 spiro atoms. The van der Waals surface area contributed by atoms with E-state index in [-0.39, 0.29) is 18.8 Å². The van der Waals surface area contributed by atoms with Gasteiger partial charge in [-0.1, -0.05) is 29.3 Å². The number of ether oxygens (including phenoxy) is 3. The minimum absolute atomic E-state index is 0.104. The molecule has 2 aromatic rings. The molecule has 0 aromatic heterocycles. The van der Waals surface area contributed by atoms with E-state index in [0.717, 1.165) is 6.42 Å². The first-order valence-corrected chi connectivity index (χ1v) is 8.81. The van der Waals surface area contributed by atoms with Crippen LogP contribution in [-0.4, -0.2) is 31.6 Å². The van der Waals surface area contributed by atoms with Crippen molar-refractivity contribution in [1.82, 2.24) is 0 Å². The Labute approximate surface area is 160 Å². The van der Waals surface area contributed by atoms with Crippen LogP contribution in [0.5, 0.6) is 11.5 Å². The normalized spacial score (nSPS) is 13.0. The smallest absolute Gasteiger partial charge is 0.310 e. The molecule has 7 heteroatoms. The lowest BCUT2D eigenvalue weighted by atomic mass is 10.1. The second-order valence-corrected chi connectivity index (χ2v) is 6.49. The maximum atomic E-state index is 12.3. The van der Waals surface area contributed by atoms with Gasteiger partial charge in [-0.25, -0.2) is 0 Å². The van der Waals surface area contributed by atoms with Crippen molar-refractivity contribution in [3.63, 3.8) is 0 Å². The molecule has 1 aliphatic heterocycles. The Balaban J connectivity index is 1.60. The van der Waals surface area contributed by atoms with E-state index >= 15 is 0 Å². The van der Waals surface area contributed by atoms with Crippen LogP contribution in [0.3, 0.4) is 0 Å². The topological polar surface area (TPSA) is 61.8 Å².